The number of halogens is 4. The first kappa shape index (κ1) is 20.8. The summed E-state index contributed by atoms with van der Waals surface area (Å²) in [5, 5.41) is 11.1. The number of hydrogen-bond acceptors (Lipinski definition) is 4. The van der Waals surface area contributed by atoms with E-state index in [0.29, 0.717) is 13.1 Å². The van der Waals surface area contributed by atoms with Gasteiger partial charge in [0, 0.05) is 31.6 Å². The van der Waals surface area contributed by atoms with Gasteiger partial charge < -0.3 is 4.90 Å². The highest BCUT2D eigenvalue weighted by Gasteiger charge is 2.44. The molecule has 0 aromatic carbocycles. The van der Waals surface area contributed by atoms with Crippen LogP contribution in [0.1, 0.15) is 31.0 Å². The number of aromatic nitrogens is 3. The molecule has 0 radical (unpaired) electrons. The largest absolute Gasteiger partial charge is 0.341 e. The van der Waals surface area contributed by atoms with Crippen molar-refractivity contribution in [3.63, 3.8) is 0 Å². The Bertz CT molecular complexity index is 764. The molecule has 2 saturated heterocycles. The van der Waals surface area contributed by atoms with Gasteiger partial charge in [-0.05, 0) is 25.0 Å². The van der Waals surface area contributed by atoms with Crippen molar-refractivity contribution in [2.24, 2.45) is 0 Å². The molecule has 6 nitrogen and oxygen atoms in total. The van der Waals surface area contributed by atoms with Crippen LogP contribution in [-0.4, -0.2) is 57.0 Å². The summed E-state index contributed by atoms with van der Waals surface area (Å²) in [7, 11) is 0. The Morgan fingerprint density at radius 2 is 1.92 bits per heavy atom. The van der Waals surface area contributed by atoms with Crippen molar-refractivity contribution in [3.8, 4) is 0 Å². The highest BCUT2D eigenvalue weighted by atomic mass is 35.5. The maximum absolute atomic E-state index is 13.3. The van der Waals surface area contributed by atoms with Crippen LogP contribution in [0.2, 0.25) is 0 Å². The third-order valence-electron chi connectivity index (χ3n) is 4.92. The second-order valence-corrected chi connectivity index (χ2v) is 6.58. The van der Waals surface area contributed by atoms with E-state index >= 15 is 0 Å². The van der Waals surface area contributed by atoms with E-state index < -0.39 is 24.9 Å². The second kappa shape index (κ2) is 8.02. The fraction of sp³-hybridized carbons (Fsp3) is 0.562. The van der Waals surface area contributed by atoms with Crippen LogP contribution in [0.4, 0.5) is 8.78 Å². The summed E-state index contributed by atoms with van der Waals surface area (Å²) in [5.74, 6) is -1.86. The first-order chi connectivity index (χ1) is 11.5. The summed E-state index contributed by atoms with van der Waals surface area (Å²) < 4.78 is 28.5. The Balaban J connectivity index is 0.00000121. The smallest absolute Gasteiger partial charge is 0.262 e. The van der Waals surface area contributed by atoms with Crippen LogP contribution in [0.3, 0.4) is 0 Å². The topological polar surface area (TPSA) is 62.5 Å². The van der Waals surface area contributed by atoms with Crippen molar-refractivity contribution in [2.75, 3.05) is 19.6 Å². The third kappa shape index (κ3) is 3.92. The highest BCUT2D eigenvalue weighted by Crippen LogP contribution is 2.30. The van der Waals surface area contributed by atoms with Gasteiger partial charge >= 0.3 is 0 Å². The van der Waals surface area contributed by atoms with Crippen LogP contribution in [0.5, 0.6) is 0 Å². The number of pyridine rings is 1. The molecule has 0 spiro atoms. The van der Waals surface area contributed by atoms with E-state index in [0.717, 1.165) is 24.3 Å². The molecule has 2 aliphatic rings. The fourth-order valence-electron chi connectivity index (χ4n) is 3.61. The standard InChI is InChI=1S/C16H19F2N5O.2ClH/c17-16(18)9-12(19-10-16)15(24)22-7-4-11(5-8-22)14-21-20-13-3-1-2-6-23(13)14;;/h1-3,6,11-12,19H,4-5,7-10H2;2*1H. The zero-order valence-corrected chi connectivity index (χ0v) is 15.6. The fourth-order valence-corrected chi connectivity index (χ4v) is 3.61. The molecular formula is C16H21Cl2F2N5O. The van der Waals surface area contributed by atoms with Gasteiger partial charge in [0.15, 0.2) is 5.65 Å². The molecule has 1 unspecified atom stereocenters. The molecule has 10 heteroatoms. The minimum Gasteiger partial charge on any atom is -0.341 e. The number of carbonyl (C=O) groups excluding carboxylic acids is 1. The number of fused-ring (bicyclic) bond motifs is 1. The number of carbonyl (C=O) groups is 1. The van der Waals surface area contributed by atoms with E-state index in [1.165, 1.54) is 0 Å². The summed E-state index contributed by atoms with van der Waals surface area (Å²) in [5.41, 5.74) is 0.809. The monoisotopic (exact) mass is 407 g/mol. The SMILES string of the molecule is Cl.Cl.O=C(C1CC(F)(F)CN1)N1CCC(c2nnc3ccccn23)CC1. The maximum Gasteiger partial charge on any atom is 0.262 e. The number of piperidine rings is 1. The van der Waals surface area contributed by atoms with Gasteiger partial charge in [0.25, 0.3) is 5.92 Å². The summed E-state index contributed by atoms with van der Waals surface area (Å²) in [6.45, 7) is 0.718. The third-order valence-corrected chi connectivity index (χ3v) is 4.92. The molecule has 26 heavy (non-hydrogen) atoms. The normalized spacial score (nSPS) is 22.7. The van der Waals surface area contributed by atoms with Crippen LogP contribution >= 0.6 is 24.8 Å². The van der Waals surface area contributed by atoms with Crippen molar-refractivity contribution >= 4 is 36.4 Å². The van der Waals surface area contributed by atoms with Crippen molar-refractivity contribution in [1.29, 1.82) is 0 Å². The van der Waals surface area contributed by atoms with Gasteiger partial charge in [-0.25, -0.2) is 8.78 Å². The van der Waals surface area contributed by atoms with E-state index in [1.54, 1.807) is 4.90 Å². The van der Waals surface area contributed by atoms with Crippen molar-refractivity contribution < 1.29 is 13.6 Å². The van der Waals surface area contributed by atoms with Crippen LogP contribution in [0, 0.1) is 0 Å². The number of hydrogen-bond donors (Lipinski definition) is 1. The summed E-state index contributed by atoms with van der Waals surface area (Å²) in [6, 6.07) is 5.00. The predicted octanol–water partition coefficient (Wildman–Crippen LogP) is 2.28. The lowest BCUT2D eigenvalue weighted by atomic mass is 9.95. The zero-order chi connectivity index (χ0) is 16.7. The number of likely N-dealkylation sites (tertiary alicyclic amines) is 1. The molecule has 0 saturated carbocycles. The molecule has 2 aliphatic heterocycles. The molecule has 2 aromatic rings. The van der Waals surface area contributed by atoms with E-state index in [-0.39, 0.29) is 36.6 Å². The van der Waals surface area contributed by atoms with Crippen LogP contribution < -0.4 is 5.32 Å². The minimum absolute atomic E-state index is 0. The summed E-state index contributed by atoms with van der Waals surface area (Å²) in [4.78, 5) is 14.1. The average Bonchev–Trinajstić information content (AvgIpc) is 3.17. The quantitative estimate of drug-likeness (QED) is 0.829. The van der Waals surface area contributed by atoms with Crippen molar-refractivity contribution in [1.82, 2.24) is 24.8 Å². The van der Waals surface area contributed by atoms with Crippen LogP contribution in [-0.2, 0) is 4.79 Å². The Hall–Kier alpha value is -1.51. The predicted molar refractivity (Wildman–Crippen MR) is 97.4 cm³/mol. The lowest BCUT2D eigenvalue weighted by molar-refractivity contribution is -0.134. The number of nitrogens with one attached hydrogen (secondary N) is 1. The minimum atomic E-state index is -2.78. The first-order valence-electron chi connectivity index (χ1n) is 8.23. The van der Waals surface area contributed by atoms with Gasteiger partial charge in [0.05, 0.1) is 12.6 Å². The highest BCUT2D eigenvalue weighted by molar-refractivity contribution is 5.85. The van der Waals surface area contributed by atoms with Gasteiger partial charge in [-0.3, -0.25) is 14.5 Å². The summed E-state index contributed by atoms with van der Waals surface area (Å²) in [6.07, 6.45) is 3.07. The Morgan fingerprint density at radius 1 is 1.19 bits per heavy atom. The van der Waals surface area contributed by atoms with E-state index in [9.17, 15) is 13.6 Å². The lowest BCUT2D eigenvalue weighted by Gasteiger charge is -2.32. The maximum atomic E-state index is 13.3. The Morgan fingerprint density at radius 3 is 2.58 bits per heavy atom. The molecule has 0 aliphatic carbocycles. The van der Waals surface area contributed by atoms with Crippen molar-refractivity contribution in [3.05, 3.63) is 30.2 Å². The molecule has 144 valence electrons. The number of amides is 1. The van der Waals surface area contributed by atoms with Gasteiger partial charge in [-0.15, -0.1) is 35.0 Å². The number of nitrogens with zero attached hydrogens (tertiary/aromatic N) is 4. The zero-order valence-electron chi connectivity index (χ0n) is 14.0. The molecule has 1 atom stereocenters. The van der Waals surface area contributed by atoms with Gasteiger partial charge in [0.1, 0.15) is 5.82 Å². The van der Waals surface area contributed by atoms with Gasteiger partial charge in [-0.1, -0.05) is 6.07 Å². The average molecular weight is 408 g/mol. The second-order valence-electron chi connectivity index (χ2n) is 6.58. The Labute approximate surface area is 162 Å². The van der Waals surface area contributed by atoms with E-state index in [2.05, 4.69) is 15.5 Å². The summed E-state index contributed by atoms with van der Waals surface area (Å²) >= 11 is 0. The van der Waals surface area contributed by atoms with Crippen LogP contribution in [0.15, 0.2) is 24.4 Å². The van der Waals surface area contributed by atoms with E-state index in [1.807, 2.05) is 28.8 Å². The number of rotatable bonds is 2. The molecule has 1 amide bonds. The molecule has 2 fully saturated rings. The molecular weight excluding hydrogens is 387 g/mol. The lowest BCUT2D eigenvalue weighted by Crippen LogP contribution is -2.46. The first-order valence-corrected chi connectivity index (χ1v) is 8.23. The molecule has 4 rings (SSSR count). The van der Waals surface area contributed by atoms with Crippen LogP contribution in [0.25, 0.3) is 5.65 Å². The van der Waals surface area contributed by atoms with Gasteiger partial charge in [0.2, 0.25) is 5.91 Å². The molecule has 1 N–H and O–H groups in total. The Kier molecular flexibility index (Phi) is 6.42. The molecule has 4 heterocycles. The van der Waals surface area contributed by atoms with E-state index in [4.69, 9.17) is 0 Å². The van der Waals surface area contributed by atoms with Gasteiger partial charge in [-0.2, -0.15) is 0 Å². The number of alkyl halides is 2. The van der Waals surface area contributed by atoms with Crippen molar-refractivity contribution in [2.45, 2.75) is 37.1 Å². The molecule has 0 bridgehead atoms. The molecule has 2 aromatic heterocycles.